The lowest BCUT2D eigenvalue weighted by Crippen LogP contribution is -2.75. The fraction of sp³-hybridized carbons (Fsp3) is 1.00. The molecule has 5 nitrogen and oxygen atoms in total. The van der Waals surface area contributed by atoms with Crippen LogP contribution < -0.4 is 0 Å². The Hall–Kier alpha value is -1.40. The standard InChI is InChI=1S/C15H16F9N3O2/c16-13(17,18)11(28,14(19,20)21)9-2-7-1-8(3-9)5-10(4-7,6-9)12(29,26-27-25)15(22,23)24/h7-8,28-29H,1-6H2. The first-order chi connectivity index (χ1) is 12.9. The highest BCUT2D eigenvalue weighted by molar-refractivity contribution is 5.22. The number of hydrogen-bond acceptors (Lipinski definition) is 3. The molecule has 4 bridgehead atoms. The molecule has 2 N–H and O–H groups in total. The molecule has 3 unspecified atom stereocenters. The molecule has 166 valence electrons. The van der Waals surface area contributed by atoms with Gasteiger partial charge in [-0.2, -0.15) is 39.5 Å². The molecule has 29 heavy (non-hydrogen) atoms. The topological polar surface area (TPSA) is 89.2 Å². The monoisotopic (exact) mass is 441 g/mol. The zero-order valence-corrected chi connectivity index (χ0v) is 14.5. The van der Waals surface area contributed by atoms with Crippen LogP contribution in [0.2, 0.25) is 0 Å². The summed E-state index contributed by atoms with van der Waals surface area (Å²) in [5, 5.41) is 22.8. The van der Waals surface area contributed by atoms with Crippen molar-refractivity contribution in [3.05, 3.63) is 10.4 Å². The van der Waals surface area contributed by atoms with E-state index in [0.717, 1.165) is 0 Å². The summed E-state index contributed by atoms with van der Waals surface area (Å²) in [6.07, 6.45) is -22.2. The Kier molecular flexibility index (Phi) is 4.49. The van der Waals surface area contributed by atoms with Crippen LogP contribution in [-0.4, -0.2) is 40.1 Å². The molecule has 0 saturated heterocycles. The first kappa shape index (κ1) is 22.3. The molecule has 0 amide bonds. The second-order valence-electron chi connectivity index (χ2n) is 8.59. The molecule has 14 heteroatoms. The summed E-state index contributed by atoms with van der Waals surface area (Å²) >= 11 is 0. The maximum Gasteiger partial charge on any atom is 0.426 e. The van der Waals surface area contributed by atoms with Crippen molar-refractivity contribution in [2.45, 2.75) is 68.4 Å². The predicted molar refractivity (Wildman–Crippen MR) is 76.8 cm³/mol. The van der Waals surface area contributed by atoms with E-state index in [4.69, 9.17) is 5.53 Å². The first-order valence-corrected chi connectivity index (χ1v) is 8.59. The van der Waals surface area contributed by atoms with Crippen LogP contribution in [0.15, 0.2) is 5.11 Å². The molecule has 4 rings (SSSR count). The zero-order valence-electron chi connectivity index (χ0n) is 14.5. The summed E-state index contributed by atoms with van der Waals surface area (Å²) in [4.78, 5) is 1.96. The van der Waals surface area contributed by atoms with E-state index in [9.17, 15) is 49.7 Å². The molecule has 0 heterocycles. The van der Waals surface area contributed by atoms with Gasteiger partial charge in [-0.15, -0.1) is 0 Å². The molecule has 0 aromatic rings. The lowest BCUT2D eigenvalue weighted by molar-refractivity contribution is -0.429. The second kappa shape index (κ2) is 5.85. The molecule has 0 spiro atoms. The molecule has 4 fully saturated rings. The Morgan fingerprint density at radius 3 is 1.52 bits per heavy atom. The smallest absolute Gasteiger partial charge is 0.376 e. The Morgan fingerprint density at radius 1 is 0.759 bits per heavy atom. The van der Waals surface area contributed by atoms with Crippen molar-refractivity contribution in [2.75, 3.05) is 0 Å². The Labute approximate surface area is 157 Å². The second-order valence-corrected chi connectivity index (χ2v) is 8.59. The number of alkyl halides is 9. The van der Waals surface area contributed by atoms with E-state index < -0.39 is 84.6 Å². The highest BCUT2D eigenvalue weighted by atomic mass is 19.4. The van der Waals surface area contributed by atoms with E-state index in [1.54, 1.807) is 0 Å². The molecule has 4 aliphatic carbocycles. The van der Waals surface area contributed by atoms with Crippen molar-refractivity contribution >= 4 is 0 Å². The number of nitrogens with zero attached hydrogens (tertiary/aromatic N) is 3. The normalized spacial score (nSPS) is 37.2. The van der Waals surface area contributed by atoms with Crippen molar-refractivity contribution < 1.29 is 49.7 Å². The summed E-state index contributed by atoms with van der Waals surface area (Å²) in [5.74, 6) is -2.06. The van der Waals surface area contributed by atoms with Crippen molar-refractivity contribution in [2.24, 2.45) is 27.8 Å². The van der Waals surface area contributed by atoms with Crippen LogP contribution >= 0.6 is 0 Å². The molecule has 0 aromatic carbocycles. The molecule has 0 radical (unpaired) electrons. The van der Waals surface area contributed by atoms with Crippen molar-refractivity contribution in [3.8, 4) is 0 Å². The van der Waals surface area contributed by atoms with Crippen LogP contribution in [0, 0.1) is 22.7 Å². The summed E-state index contributed by atoms with van der Waals surface area (Å²) in [6, 6.07) is 0. The van der Waals surface area contributed by atoms with E-state index in [-0.39, 0.29) is 6.42 Å². The highest BCUT2D eigenvalue weighted by Gasteiger charge is 2.84. The molecular formula is C15H16F9N3O2. The zero-order chi connectivity index (χ0) is 22.3. The highest BCUT2D eigenvalue weighted by Crippen LogP contribution is 2.75. The van der Waals surface area contributed by atoms with Gasteiger partial charge in [-0.05, 0) is 61.0 Å². The summed E-state index contributed by atoms with van der Waals surface area (Å²) in [7, 11) is 0. The average molecular weight is 441 g/mol. The fourth-order valence-electron chi connectivity index (χ4n) is 6.38. The SMILES string of the molecule is [N-]=[N+]=NC(O)(C(F)(F)F)C12CC3CC(C1)CC(C(O)(C(F)(F)F)C(F)(F)F)(C3)C2. The predicted octanol–water partition coefficient (Wildman–Crippen LogP) is 4.99. The summed E-state index contributed by atoms with van der Waals surface area (Å²) in [6.45, 7) is 0. The van der Waals surface area contributed by atoms with Gasteiger partial charge in [0.1, 0.15) is 0 Å². The van der Waals surface area contributed by atoms with Crippen molar-refractivity contribution in [1.29, 1.82) is 0 Å². The van der Waals surface area contributed by atoms with Gasteiger partial charge in [0.15, 0.2) is 0 Å². The average Bonchev–Trinajstić information content (AvgIpc) is 2.49. The Balaban J connectivity index is 2.24. The third-order valence-electron chi connectivity index (χ3n) is 6.97. The first-order valence-electron chi connectivity index (χ1n) is 8.59. The van der Waals surface area contributed by atoms with E-state index in [1.165, 1.54) is 0 Å². The van der Waals surface area contributed by atoms with E-state index >= 15 is 0 Å². The van der Waals surface area contributed by atoms with Crippen molar-refractivity contribution in [1.82, 2.24) is 0 Å². The third-order valence-corrected chi connectivity index (χ3v) is 6.97. The minimum atomic E-state index is -6.22. The maximum atomic E-state index is 13.7. The fourth-order valence-corrected chi connectivity index (χ4v) is 6.38. The number of hydrogen-bond donors (Lipinski definition) is 2. The van der Waals surface area contributed by atoms with Crippen LogP contribution in [-0.2, 0) is 0 Å². The van der Waals surface area contributed by atoms with Crippen LogP contribution in [0.1, 0.15) is 38.5 Å². The van der Waals surface area contributed by atoms with Gasteiger partial charge >= 0.3 is 18.5 Å². The van der Waals surface area contributed by atoms with Gasteiger partial charge in [0.2, 0.25) is 5.72 Å². The summed E-state index contributed by atoms with van der Waals surface area (Å²) in [5.41, 5.74) is -6.56. The molecule has 0 aliphatic heterocycles. The van der Waals surface area contributed by atoms with Crippen LogP contribution in [0.3, 0.4) is 0 Å². The van der Waals surface area contributed by atoms with Crippen LogP contribution in [0.25, 0.3) is 10.4 Å². The quantitative estimate of drug-likeness (QED) is 0.280. The van der Waals surface area contributed by atoms with Gasteiger partial charge in [0, 0.05) is 15.7 Å². The van der Waals surface area contributed by atoms with Gasteiger partial charge < -0.3 is 10.2 Å². The largest absolute Gasteiger partial charge is 0.426 e. The van der Waals surface area contributed by atoms with E-state index in [1.807, 2.05) is 4.91 Å². The number of rotatable bonds is 3. The van der Waals surface area contributed by atoms with Gasteiger partial charge in [0.05, 0.1) is 0 Å². The molecule has 4 aliphatic rings. The maximum absolute atomic E-state index is 13.7. The molecule has 0 aromatic heterocycles. The molecular weight excluding hydrogens is 425 g/mol. The lowest BCUT2D eigenvalue weighted by atomic mass is 9.38. The van der Waals surface area contributed by atoms with Crippen LogP contribution in [0.5, 0.6) is 0 Å². The molecule has 4 saturated carbocycles. The minimum absolute atomic E-state index is 0.0689. The summed E-state index contributed by atoms with van der Waals surface area (Å²) < 4.78 is 122. The number of halogens is 9. The number of aliphatic hydroxyl groups is 2. The van der Waals surface area contributed by atoms with Gasteiger partial charge in [-0.25, -0.2) is 0 Å². The van der Waals surface area contributed by atoms with Crippen LogP contribution in [0.4, 0.5) is 39.5 Å². The number of azide groups is 1. The van der Waals surface area contributed by atoms with E-state index in [0.29, 0.717) is 0 Å². The third kappa shape index (κ3) is 2.67. The molecule has 3 atom stereocenters. The van der Waals surface area contributed by atoms with E-state index in [2.05, 4.69) is 5.11 Å². The van der Waals surface area contributed by atoms with Crippen molar-refractivity contribution in [3.63, 3.8) is 0 Å². The Bertz CT molecular complexity index is 713. The Morgan fingerprint density at radius 2 is 1.17 bits per heavy atom. The van der Waals surface area contributed by atoms with Gasteiger partial charge in [0.25, 0.3) is 5.60 Å². The van der Waals surface area contributed by atoms with Gasteiger partial charge in [-0.3, -0.25) is 0 Å². The van der Waals surface area contributed by atoms with Gasteiger partial charge in [-0.1, -0.05) is 0 Å². The minimum Gasteiger partial charge on any atom is -0.376 e. The lowest BCUT2D eigenvalue weighted by Gasteiger charge is -2.68.